The molecular weight excluding hydrogens is 222 g/mol. The standard InChI is InChI=1S/C8H11N3OS.ClH/c12-13(7-1-2-9-5-7)8-6-10-3-4-11-8;/h3-4,6-7,9H,1-2,5H2;1H/t7-,13?;/m0./s1. The first-order valence-electron chi connectivity index (χ1n) is 4.25. The van der Waals surface area contributed by atoms with Crippen molar-refractivity contribution >= 4 is 23.2 Å². The minimum Gasteiger partial charge on any atom is -0.315 e. The van der Waals surface area contributed by atoms with Crippen molar-refractivity contribution in [2.45, 2.75) is 16.7 Å². The quantitative estimate of drug-likeness (QED) is 0.802. The van der Waals surface area contributed by atoms with Gasteiger partial charge in [-0.15, -0.1) is 12.4 Å². The van der Waals surface area contributed by atoms with E-state index in [1.165, 1.54) is 0 Å². The fourth-order valence-corrected chi connectivity index (χ4v) is 2.64. The van der Waals surface area contributed by atoms with E-state index in [1.807, 2.05) is 0 Å². The fraction of sp³-hybridized carbons (Fsp3) is 0.500. The molecule has 0 bridgehead atoms. The lowest BCUT2D eigenvalue weighted by atomic mass is 10.4. The minimum atomic E-state index is -0.995. The summed E-state index contributed by atoms with van der Waals surface area (Å²) < 4.78 is 11.8. The van der Waals surface area contributed by atoms with Crippen LogP contribution in [-0.4, -0.2) is 32.5 Å². The molecule has 1 aromatic rings. The molecule has 1 aromatic heterocycles. The van der Waals surface area contributed by atoms with Gasteiger partial charge in [0.05, 0.1) is 22.2 Å². The van der Waals surface area contributed by atoms with Crippen molar-refractivity contribution < 1.29 is 4.21 Å². The van der Waals surface area contributed by atoms with Gasteiger partial charge in [0.15, 0.2) is 0 Å². The third-order valence-corrected chi connectivity index (χ3v) is 3.69. The van der Waals surface area contributed by atoms with Crippen molar-refractivity contribution in [1.29, 1.82) is 0 Å². The van der Waals surface area contributed by atoms with Crippen LogP contribution in [0, 0.1) is 0 Å². The highest BCUT2D eigenvalue weighted by Gasteiger charge is 2.22. The molecule has 4 nitrogen and oxygen atoms in total. The van der Waals surface area contributed by atoms with Crippen molar-refractivity contribution in [3.63, 3.8) is 0 Å². The van der Waals surface area contributed by atoms with Crippen LogP contribution in [0.3, 0.4) is 0 Å². The highest BCUT2D eigenvalue weighted by Crippen LogP contribution is 2.12. The lowest BCUT2D eigenvalue weighted by molar-refractivity contribution is 0.668. The highest BCUT2D eigenvalue weighted by atomic mass is 35.5. The van der Waals surface area contributed by atoms with Crippen LogP contribution in [0.5, 0.6) is 0 Å². The summed E-state index contributed by atoms with van der Waals surface area (Å²) in [7, 11) is -0.995. The van der Waals surface area contributed by atoms with E-state index < -0.39 is 10.8 Å². The summed E-state index contributed by atoms with van der Waals surface area (Å²) in [4.78, 5) is 7.93. The molecule has 14 heavy (non-hydrogen) atoms. The topological polar surface area (TPSA) is 54.9 Å². The van der Waals surface area contributed by atoms with E-state index >= 15 is 0 Å². The highest BCUT2D eigenvalue weighted by molar-refractivity contribution is 7.85. The van der Waals surface area contributed by atoms with Gasteiger partial charge in [0.1, 0.15) is 5.03 Å². The molecule has 0 aromatic carbocycles. The Bertz CT molecular complexity index is 303. The molecule has 1 N–H and O–H groups in total. The van der Waals surface area contributed by atoms with E-state index in [2.05, 4.69) is 15.3 Å². The molecule has 2 rings (SSSR count). The van der Waals surface area contributed by atoms with E-state index in [9.17, 15) is 4.21 Å². The summed E-state index contributed by atoms with van der Waals surface area (Å²) in [6, 6.07) is 0. The predicted molar refractivity (Wildman–Crippen MR) is 57.0 cm³/mol. The molecule has 0 spiro atoms. The third kappa shape index (κ3) is 2.50. The molecule has 0 aliphatic carbocycles. The first kappa shape index (κ1) is 11.6. The Labute approximate surface area is 91.4 Å². The molecule has 1 saturated heterocycles. The molecule has 2 atom stereocenters. The van der Waals surface area contributed by atoms with Crippen molar-refractivity contribution in [3.05, 3.63) is 18.6 Å². The summed E-state index contributed by atoms with van der Waals surface area (Å²) in [5.41, 5.74) is 0. The summed E-state index contributed by atoms with van der Waals surface area (Å²) in [6.07, 6.45) is 5.71. The molecule has 0 radical (unpaired) electrons. The van der Waals surface area contributed by atoms with Crippen molar-refractivity contribution in [2.24, 2.45) is 0 Å². The van der Waals surface area contributed by atoms with E-state index in [-0.39, 0.29) is 17.7 Å². The van der Waals surface area contributed by atoms with Crippen LogP contribution in [0.15, 0.2) is 23.6 Å². The Morgan fingerprint density at radius 2 is 2.36 bits per heavy atom. The van der Waals surface area contributed by atoms with Gasteiger partial charge in [0, 0.05) is 18.9 Å². The number of rotatable bonds is 2. The summed E-state index contributed by atoms with van der Waals surface area (Å²) in [6.45, 7) is 1.78. The molecule has 2 heterocycles. The van der Waals surface area contributed by atoms with E-state index in [4.69, 9.17) is 0 Å². The normalized spacial score (nSPS) is 22.7. The Hall–Kier alpha value is -0.520. The zero-order valence-corrected chi connectivity index (χ0v) is 9.18. The van der Waals surface area contributed by atoms with Crippen LogP contribution in [0.25, 0.3) is 0 Å². The lowest BCUT2D eigenvalue weighted by Crippen LogP contribution is -2.19. The van der Waals surface area contributed by atoms with Crippen LogP contribution in [0.2, 0.25) is 0 Å². The van der Waals surface area contributed by atoms with E-state index in [1.54, 1.807) is 18.6 Å². The molecule has 1 unspecified atom stereocenters. The number of nitrogens with zero attached hydrogens (tertiary/aromatic N) is 2. The Morgan fingerprint density at radius 1 is 1.50 bits per heavy atom. The monoisotopic (exact) mass is 233 g/mol. The lowest BCUT2D eigenvalue weighted by Gasteiger charge is -2.05. The second-order valence-electron chi connectivity index (χ2n) is 2.96. The molecule has 1 aliphatic heterocycles. The number of hydrogen-bond acceptors (Lipinski definition) is 4. The Morgan fingerprint density at radius 3 is 2.93 bits per heavy atom. The van der Waals surface area contributed by atoms with E-state index in [0.29, 0.717) is 5.03 Å². The SMILES string of the molecule is Cl.O=S(c1cnccn1)[C@H]1CCNC1. The first-order chi connectivity index (χ1) is 6.38. The van der Waals surface area contributed by atoms with E-state index in [0.717, 1.165) is 19.5 Å². The van der Waals surface area contributed by atoms with Crippen LogP contribution in [0.1, 0.15) is 6.42 Å². The summed E-state index contributed by atoms with van der Waals surface area (Å²) in [5, 5.41) is 3.98. The Kier molecular flexibility index (Phi) is 4.44. The average Bonchev–Trinajstić information content (AvgIpc) is 2.71. The van der Waals surface area contributed by atoms with Gasteiger partial charge in [-0.1, -0.05) is 0 Å². The zero-order valence-electron chi connectivity index (χ0n) is 7.55. The molecule has 6 heteroatoms. The van der Waals surface area contributed by atoms with Gasteiger partial charge < -0.3 is 5.32 Å². The summed E-state index contributed by atoms with van der Waals surface area (Å²) >= 11 is 0. The molecule has 78 valence electrons. The smallest absolute Gasteiger partial charge is 0.145 e. The second kappa shape index (κ2) is 5.38. The van der Waals surface area contributed by atoms with Gasteiger partial charge in [0.2, 0.25) is 0 Å². The zero-order chi connectivity index (χ0) is 9.10. The number of hydrogen-bond donors (Lipinski definition) is 1. The second-order valence-corrected chi connectivity index (χ2v) is 4.64. The molecule has 0 saturated carbocycles. The van der Waals surface area contributed by atoms with Crippen LogP contribution in [0.4, 0.5) is 0 Å². The molecule has 0 amide bonds. The third-order valence-electron chi connectivity index (χ3n) is 2.06. The molecular formula is C8H12ClN3OS. The van der Waals surface area contributed by atoms with Gasteiger partial charge in [-0.25, -0.2) is 4.98 Å². The van der Waals surface area contributed by atoms with Gasteiger partial charge in [-0.05, 0) is 13.0 Å². The van der Waals surface area contributed by atoms with Crippen LogP contribution in [-0.2, 0) is 10.8 Å². The number of nitrogens with one attached hydrogen (secondary N) is 1. The van der Waals surface area contributed by atoms with Gasteiger partial charge >= 0.3 is 0 Å². The number of aromatic nitrogens is 2. The maximum atomic E-state index is 11.8. The van der Waals surface area contributed by atoms with Gasteiger partial charge in [0.25, 0.3) is 0 Å². The van der Waals surface area contributed by atoms with Crippen molar-refractivity contribution in [1.82, 2.24) is 15.3 Å². The maximum absolute atomic E-state index is 11.8. The van der Waals surface area contributed by atoms with Crippen molar-refractivity contribution in [3.8, 4) is 0 Å². The molecule has 1 aliphatic rings. The fourth-order valence-electron chi connectivity index (χ4n) is 1.37. The predicted octanol–water partition coefficient (Wildman–Crippen LogP) is 0.368. The first-order valence-corrected chi connectivity index (χ1v) is 5.46. The Balaban J connectivity index is 0.000000980. The minimum absolute atomic E-state index is 0. The van der Waals surface area contributed by atoms with Crippen LogP contribution >= 0.6 is 12.4 Å². The maximum Gasteiger partial charge on any atom is 0.145 e. The van der Waals surface area contributed by atoms with Crippen LogP contribution < -0.4 is 5.32 Å². The average molecular weight is 234 g/mol. The molecule has 1 fully saturated rings. The number of halogens is 1. The van der Waals surface area contributed by atoms with Gasteiger partial charge in [-0.3, -0.25) is 9.19 Å². The van der Waals surface area contributed by atoms with Crippen molar-refractivity contribution in [2.75, 3.05) is 13.1 Å². The largest absolute Gasteiger partial charge is 0.315 e. The van der Waals surface area contributed by atoms with Gasteiger partial charge in [-0.2, -0.15) is 0 Å². The summed E-state index contributed by atoms with van der Waals surface area (Å²) in [5.74, 6) is 0.